The molecule has 0 saturated carbocycles. The van der Waals surface area contributed by atoms with Gasteiger partial charge in [-0.3, -0.25) is 4.79 Å². The standard InChI is InChI=1S/C17H22FNO3/c1-12-5-10-22-16(12)17(20)19(14-6-8-21-9-7-14)15-4-2-3-13(18)11-15/h2-4,11-12,14,16H,5-10H2,1H3/t12-,16+/m1/s1. The highest BCUT2D eigenvalue weighted by Gasteiger charge is 2.37. The Labute approximate surface area is 130 Å². The first-order valence-corrected chi connectivity index (χ1v) is 7.95. The molecule has 120 valence electrons. The SMILES string of the molecule is C[C@@H]1CCO[C@@H]1C(=O)N(c1cccc(F)c1)C1CCOCC1. The molecule has 1 amide bonds. The van der Waals surface area contributed by atoms with Crippen molar-refractivity contribution in [1.29, 1.82) is 0 Å². The van der Waals surface area contributed by atoms with Gasteiger partial charge in [-0.1, -0.05) is 13.0 Å². The zero-order valence-electron chi connectivity index (χ0n) is 12.8. The van der Waals surface area contributed by atoms with Gasteiger partial charge in [-0.15, -0.1) is 0 Å². The molecule has 4 nitrogen and oxygen atoms in total. The third-order valence-electron chi connectivity index (χ3n) is 4.51. The van der Waals surface area contributed by atoms with E-state index in [1.165, 1.54) is 12.1 Å². The first kappa shape index (κ1) is 15.4. The Hall–Kier alpha value is -1.46. The lowest BCUT2D eigenvalue weighted by molar-refractivity contribution is -0.129. The van der Waals surface area contributed by atoms with Crippen LogP contribution < -0.4 is 4.90 Å². The molecule has 0 bridgehead atoms. The number of nitrogens with zero attached hydrogens (tertiary/aromatic N) is 1. The van der Waals surface area contributed by atoms with Crippen molar-refractivity contribution >= 4 is 11.6 Å². The number of halogens is 1. The number of benzene rings is 1. The van der Waals surface area contributed by atoms with Crippen LogP contribution in [0.3, 0.4) is 0 Å². The maximum Gasteiger partial charge on any atom is 0.256 e. The fourth-order valence-corrected chi connectivity index (χ4v) is 3.24. The smallest absolute Gasteiger partial charge is 0.256 e. The summed E-state index contributed by atoms with van der Waals surface area (Å²) in [7, 11) is 0. The van der Waals surface area contributed by atoms with Gasteiger partial charge in [-0.2, -0.15) is 0 Å². The summed E-state index contributed by atoms with van der Waals surface area (Å²) in [5.41, 5.74) is 0.611. The molecule has 22 heavy (non-hydrogen) atoms. The molecule has 2 atom stereocenters. The van der Waals surface area contributed by atoms with E-state index in [4.69, 9.17) is 9.47 Å². The molecule has 2 fully saturated rings. The summed E-state index contributed by atoms with van der Waals surface area (Å²) < 4.78 is 24.6. The van der Waals surface area contributed by atoms with E-state index in [0.29, 0.717) is 25.5 Å². The fraction of sp³-hybridized carbons (Fsp3) is 0.588. The zero-order valence-corrected chi connectivity index (χ0v) is 12.8. The van der Waals surface area contributed by atoms with Gasteiger partial charge in [0.25, 0.3) is 5.91 Å². The normalized spacial score (nSPS) is 26.1. The lowest BCUT2D eigenvalue weighted by Gasteiger charge is -2.36. The van der Waals surface area contributed by atoms with Crippen LogP contribution in [0, 0.1) is 11.7 Å². The average Bonchev–Trinajstić information content (AvgIpc) is 2.95. The highest BCUT2D eigenvalue weighted by Crippen LogP contribution is 2.29. The molecular weight excluding hydrogens is 285 g/mol. The van der Waals surface area contributed by atoms with E-state index in [-0.39, 0.29) is 23.7 Å². The summed E-state index contributed by atoms with van der Waals surface area (Å²) in [5.74, 6) is -0.186. The summed E-state index contributed by atoms with van der Waals surface area (Å²) in [6.45, 7) is 3.90. The van der Waals surface area contributed by atoms with Crippen LogP contribution >= 0.6 is 0 Å². The summed E-state index contributed by atoms with van der Waals surface area (Å²) in [6, 6.07) is 6.29. The van der Waals surface area contributed by atoms with E-state index in [9.17, 15) is 9.18 Å². The fourth-order valence-electron chi connectivity index (χ4n) is 3.24. The molecule has 3 rings (SSSR count). The van der Waals surface area contributed by atoms with Crippen molar-refractivity contribution in [3.05, 3.63) is 30.1 Å². The Morgan fingerprint density at radius 3 is 2.64 bits per heavy atom. The summed E-state index contributed by atoms with van der Waals surface area (Å²) >= 11 is 0. The molecule has 2 aliphatic heterocycles. The van der Waals surface area contributed by atoms with Gasteiger partial charge in [0.1, 0.15) is 11.9 Å². The highest BCUT2D eigenvalue weighted by molar-refractivity contribution is 5.97. The van der Waals surface area contributed by atoms with E-state index in [1.807, 2.05) is 6.92 Å². The maximum absolute atomic E-state index is 13.6. The largest absolute Gasteiger partial charge is 0.381 e. The van der Waals surface area contributed by atoms with Crippen LogP contribution in [0.25, 0.3) is 0 Å². The molecule has 0 unspecified atom stereocenters. The van der Waals surface area contributed by atoms with Crippen molar-refractivity contribution < 1.29 is 18.7 Å². The molecule has 1 aromatic rings. The minimum Gasteiger partial charge on any atom is -0.381 e. The van der Waals surface area contributed by atoms with Crippen molar-refractivity contribution in [1.82, 2.24) is 0 Å². The molecule has 2 aliphatic rings. The van der Waals surface area contributed by atoms with Gasteiger partial charge in [-0.05, 0) is 43.4 Å². The minimum absolute atomic E-state index is 0.0412. The van der Waals surface area contributed by atoms with E-state index < -0.39 is 6.10 Å². The number of anilines is 1. The van der Waals surface area contributed by atoms with Crippen LogP contribution in [-0.4, -0.2) is 37.9 Å². The van der Waals surface area contributed by atoms with Gasteiger partial charge in [-0.25, -0.2) is 4.39 Å². The Bertz CT molecular complexity index is 530. The Morgan fingerprint density at radius 1 is 1.23 bits per heavy atom. The molecular formula is C17H22FNO3. The number of hydrogen-bond acceptors (Lipinski definition) is 3. The predicted octanol–water partition coefficient (Wildman–Crippen LogP) is 2.76. The number of hydrogen-bond donors (Lipinski definition) is 0. The summed E-state index contributed by atoms with van der Waals surface area (Å²) in [4.78, 5) is 14.7. The molecule has 0 spiro atoms. The van der Waals surface area contributed by atoms with E-state index >= 15 is 0 Å². The Kier molecular flexibility index (Phi) is 4.74. The van der Waals surface area contributed by atoms with E-state index in [2.05, 4.69) is 0 Å². The van der Waals surface area contributed by atoms with Crippen molar-refractivity contribution in [2.75, 3.05) is 24.7 Å². The molecule has 0 aromatic heterocycles. The topological polar surface area (TPSA) is 38.8 Å². The van der Waals surface area contributed by atoms with Crippen LogP contribution in [0.15, 0.2) is 24.3 Å². The van der Waals surface area contributed by atoms with Crippen LogP contribution in [0.5, 0.6) is 0 Å². The van der Waals surface area contributed by atoms with Crippen LogP contribution in [0.1, 0.15) is 26.2 Å². The first-order chi connectivity index (χ1) is 10.7. The van der Waals surface area contributed by atoms with Crippen LogP contribution in [0.2, 0.25) is 0 Å². The molecule has 0 aliphatic carbocycles. The molecule has 0 N–H and O–H groups in total. The zero-order chi connectivity index (χ0) is 15.5. The maximum atomic E-state index is 13.6. The van der Waals surface area contributed by atoms with Gasteiger partial charge in [0.15, 0.2) is 0 Å². The number of ether oxygens (including phenoxy) is 2. The van der Waals surface area contributed by atoms with Gasteiger partial charge >= 0.3 is 0 Å². The van der Waals surface area contributed by atoms with Crippen LogP contribution in [0.4, 0.5) is 10.1 Å². The van der Waals surface area contributed by atoms with Crippen molar-refractivity contribution in [3.63, 3.8) is 0 Å². The second kappa shape index (κ2) is 6.75. The van der Waals surface area contributed by atoms with Gasteiger partial charge < -0.3 is 14.4 Å². The second-order valence-electron chi connectivity index (χ2n) is 6.09. The van der Waals surface area contributed by atoms with Gasteiger partial charge in [0, 0.05) is 31.5 Å². The molecule has 2 heterocycles. The molecule has 0 radical (unpaired) electrons. The Morgan fingerprint density at radius 2 is 2.00 bits per heavy atom. The quantitative estimate of drug-likeness (QED) is 0.862. The number of rotatable bonds is 3. The first-order valence-electron chi connectivity index (χ1n) is 7.95. The number of carbonyl (C=O) groups excluding carboxylic acids is 1. The van der Waals surface area contributed by atoms with Crippen molar-refractivity contribution in [2.24, 2.45) is 5.92 Å². The summed E-state index contributed by atoms with van der Waals surface area (Å²) in [5, 5.41) is 0. The molecule has 1 aromatic carbocycles. The lowest BCUT2D eigenvalue weighted by Crippen LogP contribution is -2.49. The third kappa shape index (κ3) is 3.15. The Balaban J connectivity index is 1.89. The predicted molar refractivity (Wildman–Crippen MR) is 81.2 cm³/mol. The molecule has 5 heteroatoms. The van der Waals surface area contributed by atoms with Crippen molar-refractivity contribution in [2.45, 2.75) is 38.3 Å². The van der Waals surface area contributed by atoms with Gasteiger partial charge in [0.05, 0.1) is 0 Å². The number of carbonyl (C=O) groups is 1. The van der Waals surface area contributed by atoms with Gasteiger partial charge in [0.2, 0.25) is 0 Å². The van der Waals surface area contributed by atoms with E-state index in [0.717, 1.165) is 19.3 Å². The third-order valence-corrected chi connectivity index (χ3v) is 4.51. The number of amides is 1. The monoisotopic (exact) mass is 307 g/mol. The lowest BCUT2D eigenvalue weighted by atomic mass is 9.99. The molecule has 2 saturated heterocycles. The second-order valence-corrected chi connectivity index (χ2v) is 6.09. The van der Waals surface area contributed by atoms with Crippen LogP contribution in [-0.2, 0) is 14.3 Å². The van der Waals surface area contributed by atoms with Crippen molar-refractivity contribution in [3.8, 4) is 0 Å². The minimum atomic E-state index is -0.425. The highest BCUT2D eigenvalue weighted by atomic mass is 19.1. The van der Waals surface area contributed by atoms with E-state index in [1.54, 1.807) is 17.0 Å². The summed E-state index contributed by atoms with van der Waals surface area (Å²) in [6.07, 6.45) is 2.00. The average molecular weight is 307 g/mol.